The normalized spacial score (nSPS) is 14.8. The highest BCUT2D eigenvalue weighted by molar-refractivity contribution is 7.13. The number of thiazole rings is 1. The second kappa shape index (κ2) is 7.59. The first-order valence-corrected chi connectivity index (χ1v) is 10.6. The standard InChI is InChI=1S/C21H17F2N5O3S/c1-11-4-2-3-5-12(11)21(6-7-21)20-25-18(31-27-20)13-8-14(17(22)23)28(26-13)10-16-24-9-15(32-16)19(29)30/h2-5,8-9,17H,6-7,10H2,1H3,(H,29,30). The van der Waals surface area contributed by atoms with Crippen LogP contribution in [-0.2, 0) is 12.0 Å². The maximum Gasteiger partial charge on any atom is 0.347 e. The Bertz CT molecular complexity index is 1310. The Morgan fingerprint density at radius 1 is 1.34 bits per heavy atom. The Kier molecular flexibility index (Phi) is 4.85. The summed E-state index contributed by atoms with van der Waals surface area (Å²) in [6.45, 7) is 1.94. The van der Waals surface area contributed by atoms with Gasteiger partial charge in [-0.25, -0.2) is 18.6 Å². The Hall–Kier alpha value is -3.47. The molecule has 3 aromatic heterocycles. The molecule has 1 saturated carbocycles. The number of carboxylic acids is 1. The first-order valence-electron chi connectivity index (χ1n) is 9.82. The van der Waals surface area contributed by atoms with E-state index in [4.69, 9.17) is 9.63 Å². The second-order valence-electron chi connectivity index (χ2n) is 7.66. The summed E-state index contributed by atoms with van der Waals surface area (Å²) in [5.41, 5.74) is 1.73. The molecule has 0 amide bonds. The van der Waals surface area contributed by atoms with Crippen LogP contribution in [0, 0.1) is 6.92 Å². The number of carboxylic acid groups (broad SMARTS) is 1. The number of halogens is 2. The number of aromatic carboxylic acids is 1. The Morgan fingerprint density at radius 2 is 2.12 bits per heavy atom. The van der Waals surface area contributed by atoms with Crippen LogP contribution in [0.5, 0.6) is 0 Å². The van der Waals surface area contributed by atoms with E-state index in [1.807, 2.05) is 31.2 Å². The number of hydrogen-bond donors (Lipinski definition) is 1. The van der Waals surface area contributed by atoms with Gasteiger partial charge in [-0.15, -0.1) is 11.3 Å². The number of carbonyl (C=O) groups is 1. The highest BCUT2D eigenvalue weighted by Crippen LogP contribution is 2.53. The van der Waals surface area contributed by atoms with Crippen LogP contribution in [0.2, 0.25) is 0 Å². The number of alkyl halides is 2. The summed E-state index contributed by atoms with van der Waals surface area (Å²) in [5, 5.41) is 17.7. The van der Waals surface area contributed by atoms with Crippen LogP contribution in [0.3, 0.4) is 0 Å². The summed E-state index contributed by atoms with van der Waals surface area (Å²) in [6.07, 6.45) is 0.159. The molecule has 11 heteroatoms. The minimum absolute atomic E-state index is 0.0263. The van der Waals surface area contributed by atoms with E-state index in [1.165, 1.54) is 12.3 Å². The van der Waals surface area contributed by atoms with E-state index in [0.29, 0.717) is 10.8 Å². The molecular formula is C21H17F2N5O3S. The average Bonchev–Trinajstić information content (AvgIpc) is 3.15. The van der Waals surface area contributed by atoms with Crippen molar-refractivity contribution in [3.05, 3.63) is 69.1 Å². The van der Waals surface area contributed by atoms with Gasteiger partial charge in [0.2, 0.25) is 0 Å². The molecule has 1 aromatic carbocycles. The quantitative estimate of drug-likeness (QED) is 0.437. The van der Waals surface area contributed by atoms with E-state index in [2.05, 4.69) is 20.2 Å². The van der Waals surface area contributed by atoms with Crippen LogP contribution in [-0.4, -0.2) is 36.0 Å². The molecule has 0 bridgehead atoms. The molecule has 8 nitrogen and oxygen atoms in total. The fraction of sp³-hybridized carbons (Fsp3) is 0.286. The van der Waals surface area contributed by atoms with Gasteiger partial charge in [0.1, 0.15) is 15.6 Å². The lowest BCUT2D eigenvalue weighted by Crippen LogP contribution is -2.12. The SMILES string of the molecule is Cc1ccccc1C1(c2noc(-c3cc(C(F)F)n(Cc4ncc(C(=O)O)s4)n3)n2)CC1. The lowest BCUT2D eigenvalue weighted by molar-refractivity contribution is 0.0702. The van der Waals surface area contributed by atoms with Gasteiger partial charge < -0.3 is 9.63 Å². The average molecular weight is 457 g/mol. The molecule has 5 rings (SSSR count). The van der Waals surface area contributed by atoms with Gasteiger partial charge in [-0.05, 0) is 37.0 Å². The second-order valence-corrected chi connectivity index (χ2v) is 8.77. The molecular weight excluding hydrogens is 440 g/mol. The number of aryl methyl sites for hydroxylation is 1. The lowest BCUT2D eigenvalue weighted by atomic mass is 9.91. The number of benzene rings is 1. The zero-order valence-electron chi connectivity index (χ0n) is 16.8. The Morgan fingerprint density at radius 3 is 2.78 bits per heavy atom. The first kappa shape index (κ1) is 20.4. The van der Waals surface area contributed by atoms with Gasteiger partial charge in [0.15, 0.2) is 11.5 Å². The van der Waals surface area contributed by atoms with E-state index >= 15 is 0 Å². The van der Waals surface area contributed by atoms with Crippen molar-refractivity contribution in [1.29, 1.82) is 0 Å². The summed E-state index contributed by atoms with van der Waals surface area (Å²) in [4.78, 5) is 19.5. The summed E-state index contributed by atoms with van der Waals surface area (Å²) in [6, 6.07) is 9.22. The van der Waals surface area contributed by atoms with Crippen molar-refractivity contribution in [3.8, 4) is 11.6 Å². The van der Waals surface area contributed by atoms with Gasteiger partial charge in [0, 0.05) is 0 Å². The number of nitrogens with zero attached hydrogens (tertiary/aromatic N) is 5. The summed E-state index contributed by atoms with van der Waals surface area (Å²) in [7, 11) is 0. The van der Waals surface area contributed by atoms with Gasteiger partial charge in [-0.2, -0.15) is 10.1 Å². The van der Waals surface area contributed by atoms with Gasteiger partial charge in [0.05, 0.1) is 18.2 Å². The molecule has 1 aliphatic rings. The van der Waals surface area contributed by atoms with Crippen LogP contribution in [0.25, 0.3) is 11.6 Å². The number of hydrogen-bond acceptors (Lipinski definition) is 7. The van der Waals surface area contributed by atoms with Crippen molar-refractivity contribution in [2.45, 2.75) is 38.2 Å². The van der Waals surface area contributed by atoms with Crippen molar-refractivity contribution >= 4 is 17.3 Å². The van der Waals surface area contributed by atoms with Gasteiger partial charge in [0.25, 0.3) is 12.3 Å². The lowest BCUT2D eigenvalue weighted by Gasteiger charge is -2.13. The number of aromatic nitrogens is 5. The molecule has 0 aliphatic heterocycles. The maximum absolute atomic E-state index is 13.6. The van der Waals surface area contributed by atoms with Crippen molar-refractivity contribution in [2.75, 3.05) is 0 Å². The van der Waals surface area contributed by atoms with Gasteiger partial charge in [-0.3, -0.25) is 4.68 Å². The number of rotatable bonds is 7. The molecule has 164 valence electrons. The molecule has 1 N–H and O–H groups in total. The maximum atomic E-state index is 13.6. The minimum Gasteiger partial charge on any atom is -0.477 e. The smallest absolute Gasteiger partial charge is 0.347 e. The van der Waals surface area contributed by atoms with Crippen LogP contribution in [0.1, 0.15) is 56.6 Å². The van der Waals surface area contributed by atoms with E-state index < -0.39 is 12.4 Å². The Labute approximate surface area is 184 Å². The van der Waals surface area contributed by atoms with E-state index in [0.717, 1.165) is 40.0 Å². The molecule has 1 aliphatic carbocycles. The summed E-state index contributed by atoms with van der Waals surface area (Å²) >= 11 is 0.908. The monoisotopic (exact) mass is 457 g/mol. The predicted molar refractivity (Wildman–Crippen MR) is 110 cm³/mol. The van der Waals surface area contributed by atoms with Crippen LogP contribution >= 0.6 is 11.3 Å². The molecule has 3 heterocycles. The topological polar surface area (TPSA) is 107 Å². The third-order valence-corrected chi connectivity index (χ3v) is 6.54. The van der Waals surface area contributed by atoms with Gasteiger partial charge in [-0.1, -0.05) is 29.4 Å². The van der Waals surface area contributed by atoms with Crippen LogP contribution in [0.15, 0.2) is 41.1 Å². The third-order valence-electron chi connectivity index (χ3n) is 5.57. The van der Waals surface area contributed by atoms with Crippen LogP contribution < -0.4 is 0 Å². The molecule has 0 radical (unpaired) electrons. The predicted octanol–water partition coefficient (Wildman–Crippen LogP) is 4.46. The molecule has 4 aromatic rings. The van der Waals surface area contributed by atoms with Crippen molar-refractivity contribution in [1.82, 2.24) is 24.9 Å². The fourth-order valence-corrected chi connectivity index (χ4v) is 4.56. The molecule has 32 heavy (non-hydrogen) atoms. The van der Waals surface area contributed by atoms with Crippen molar-refractivity contribution in [3.63, 3.8) is 0 Å². The zero-order valence-corrected chi connectivity index (χ0v) is 17.6. The van der Waals surface area contributed by atoms with Crippen LogP contribution in [0.4, 0.5) is 8.78 Å². The third kappa shape index (κ3) is 3.48. The first-order chi connectivity index (χ1) is 15.4. The fourth-order valence-electron chi connectivity index (χ4n) is 3.82. The Balaban J connectivity index is 1.46. The van der Waals surface area contributed by atoms with E-state index in [9.17, 15) is 13.6 Å². The largest absolute Gasteiger partial charge is 0.477 e. The van der Waals surface area contributed by atoms with Crippen molar-refractivity contribution < 1.29 is 23.2 Å². The van der Waals surface area contributed by atoms with E-state index in [-0.39, 0.29) is 34.1 Å². The molecule has 0 atom stereocenters. The van der Waals surface area contributed by atoms with E-state index in [1.54, 1.807) is 0 Å². The summed E-state index contributed by atoms with van der Waals surface area (Å²) < 4.78 is 33.7. The minimum atomic E-state index is -2.79. The highest BCUT2D eigenvalue weighted by Gasteiger charge is 2.50. The molecule has 0 spiro atoms. The molecule has 0 unspecified atom stereocenters. The van der Waals surface area contributed by atoms with Crippen molar-refractivity contribution in [2.24, 2.45) is 0 Å². The van der Waals surface area contributed by atoms with Gasteiger partial charge >= 0.3 is 5.97 Å². The zero-order chi connectivity index (χ0) is 22.5. The summed E-state index contributed by atoms with van der Waals surface area (Å²) in [5.74, 6) is -0.545. The molecule has 1 fully saturated rings. The highest BCUT2D eigenvalue weighted by atomic mass is 32.1. The molecule has 0 saturated heterocycles.